The normalized spacial score (nSPS) is 19.2. The molecule has 7 nitrogen and oxygen atoms in total. The third-order valence-corrected chi connectivity index (χ3v) is 4.74. The van der Waals surface area contributed by atoms with E-state index in [0.29, 0.717) is 10.3 Å². The molecule has 2 rings (SSSR count). The molecule has 0 aromatic carbocycles. The molecule has 0 bridgehead atoms. The van der Waals surface area contributed by atoms with Crippen molar-refractivity contribution in [2.24, 2.45) is 5.41 Å². The lowest BCUT2D eigenvalue weighted by Gasteiger charge is -2.38. The van der Waals surface area contributed by atoms with Crippen LogP contribution in [0.4, 0.5) is 10.6 Å². The molecule has 0 spiro atoms. The van der Waals surface area contributed by atoms with E-state index in [-0.39, 0.29) is 17.3 Å². The lowest BCUT2D eigenvalue weighted by molar-refractivity contribution is 0.0506. The highest BCUT2D eigenvalue weighted by molar-refractivity contribution is 9.10. The number of halogens is 1. The van der Waals surface area contributed by atoms with Gasteiger partial charge in [-0.15, -0.1) is 0 Å². The SMILES string of the molecule is CC(C)(C)OC(=O)NN(c1nc(C#N)ncc1Br)C1CCCC1(C)C. The molecule has 1 heterocycles. The molecular weight excluding hydrogens is 386 g/mol. The van der Waals surface area contributed by atoms with E-state index in [9.17, 15) is 4.79 Å². The molecule has 1 fully saturated rings. The number of nitrogens with zero attached hydrogens (tertiary/aromatic N) is 4. The zero-order valence-electron chi connectivity index (χ0n) is 15.3. The Bertz CT molecular complexity index is 693. The number of amides is 1. The van der Waals surface area contributed by atoms with E-state index in [4.69, 9.17) is 10.00 Å². The number of nitriles is 1. The number of carbonyl (C=O) groups is 1. The maximum atomic E-state index is 12.4. The van der Waals surface area contributed by atoms with Crippen molar-refractivity contribution in [2.75, 3.05) is 5.01 Å². The number of hydrogen-bond acceptors (Lipinski definition) is 6. The summed E-state index contributed by atoms with van der Waals surface area (Å²) in [5.41, 5.74) is 2.19. The van der Waals surface area contributed by atoms with Crippen LogP contribution in [-0.2, 0) is 4.74 Å². The fourth-order valence-corrected chi connectivity index (χ4v) is 3.43. The van der Waals surface area contributed by atoms with Gasteiger partial charge in [-0.3, -0.25) is 5.01 Å². The lowest BCUT2D eigenvalue weighted by Crippen LogP contribution is -2.54. The predicted octanol–water partition coefficient (Wildman–Crippen LogP) is 3.94. The maximum absolute atomic E-state index is 12.4. The second-order valence-corrected chi connectivity index (χ2v) is 8.71. The van der Waals surface area contributed by atoms with Crippen LogP contribution in [0.3, 0.4) is 0 Å². The Morgan fingerprint density at radius 3 is 2.72 bits per heavy atom. The summed E-state index contributed by atoms with van der Waals surface area (Å²) in [6.45, 7) is 9.75. The van der Waals surface area contributed by atoms with Crippen molar-refractivity contribution in [3.63, 3.8) is 0 Å². The van der Waals surface area contributed by atoms with E-state index in [1.165, 1.54) is 6.20 Å². The van der Waals surface area contributed by atoms with Crippen LogP contribution in [0.5, 0.6) is 0 Å². The van der Waals surface area contributed by atoms with E-state index >= 15 is 0 Å². The summed E-state index contributed by atoms with van der Waals surface area (Å²) in [6.07, 6.45) is 3.96. The van der Waals surface area contributed by atoms with Crippen molar-refractivity contribution in [1.82, 2.24) is 15.4 Å². The number of anilines is 1. The molecular formula is C17H24BrN5O2. The standard InChI is InChI=1S/C17H24BrN5O2/c1-16(2,3)25-15(24)22-23(12-7-6-8-17(12,4)5)14-11(18)10-20-13(9-19)21-14/h10,12H,6-8H2,1-5H3,(H,22,24). The van der Waals surface area contributed by atoms with Gasteiger partial charge in [-0.05, 0) is 55.0 Å². The second-order valence-electron chi connectivity index (χ2n) is 7.86. The molecule has 0 saturated heterocycles. The Hall–Kier alpha value is -1.88. The van der Waals surface area contributed by atoms with Gasteiger partial charge in [0.05, 0.1) is 10.5 Å². The van der Waals surface area contributed by atoms with E-state index in [1.807, 2.05) is 26.8 Å². The van der Waals surface area contributed by atoms with Gasteiger partial charge in [0.2, 0.25) is 5.82 Å². The smallest absolute Gasteiger partial charge is 0.426 e. The van der Waals surface area contributed by atoms with Crippen LogP contribution < -0.4 is 10.4 Å². The highest BCUT2D eigenvalue weighted by Crippen LogP contribution is 2.42. The third kappa shape index (κ3) is 4.82. The van der Waals surface area contributed by atoms with Gasteiger partial charge >= 0.3 is 6.09 Å². The van der Waals surface area contributed by atoms with Crippen LogP contribution >= 0.6 is 15.9 Å². The van der Waals surface area contributed by atoms with Gasteiger partial charge in [-0.25, -0.2) is 15.2 Å². The quantitative estimate of drug-likeness (QED) is 0.760. The number of rotatable bonds is 3. The first-order valence-electron chi connectivity index (χ1n) is 8.25. The highest BCUT2D eigenvalue weighted by Gasteiger charge is 2.41. The molecule has 1 N–H and O–H groups in total. The molecule has 136 valence electrons. The molecule has 1 unspecified atom stereocenters. The van der Waals surface area contributed by atoms with Crippen molar-refractivity contribution in [2.45, 2.75) is 65.5 Å². The zero-order chi connectivity index (χ0) is 18.8. The van der Waals surface area contributed by atoms with Crippen LogP contribution in [0.1, 0.15) is 59.7 Å². The van der Waals surface area contributed by atoms with Crippen molar-refractivity contribution < 1.29 is 9.53 Å². The molecule has 8 heteroatoms. The van der Waals surface area contributed by atoms with Crippen molar-refractivity contribution >= 4 is 27.8 Å². The van der Waals surface area contributed by atoms with Gasteiger partial charge in [-0.2, -0.15) is 10.2 Å². The maximum Gasteiger partial charge on any atom is 0.426 e. The predicted molar refractivity (Wildman–Crippen MR) is 97.7 cm³/mol. The summed E-state index contributed by atoms with van der Waals surface area (Å²) in [5.74, 6) is 0.502. The number of carbonyl (C=O) groups excluding carboxylic acids is 1. The molecule has 1 saturated carbocycles. The molecule has 1 aromatic heterocycles. The first-order chi connectivity index (χ1) is 11.5. The molecule has 0 aliphatic heterocycles. The van der Waals surface area contributed by atoms with Gasteiger partial charge < -0.3 is 4.74 Å². The minimum absolute atomic E-state index is 0.0216. The minimum Gasteiger partial charge on any atom is -0.443 e. The van der Waals surface area contributed by atoms with Gasteiger partial charge in [-0.1, -0.05) is 20.3 Å². The van der Waals surface area contributed by atoms with Crippen molar-refractivity contribution in [1.29, 1.82) is 5.26 Å². The molecule has 1 aromatic rings. The largest absolute Gasteiger partial charge is 0.443 e. The third-order valence-electron chi connectivity index (χ3n) is 4.18. The first kappa shape index (κ1) is 19.4. The number of hydrazine groups is 1. The van der Waals surface area contributed by atoms with Crippen molar-refractivity contribution in [3.05, 3.63) is 16.5 Å². The Morgan fingerprint density at radius 2 is 2.20 bits per heavy atom. The molecule has 1 aliphatic rings. The van der Waals surface area contributed by atoms with E-state index in [2.05, 4.69) is 45.2 Å². The summed E-state index contributed by atoms with van der Waals surface area (Å²) in [7, 11) is 0. The molecule has 25 heavy (non-hydrogen) atoms. The Balaban J connectivity index is 2.40. The number of ether oxygens (including phenoxy) is 1. The molecule has 0 radical (unpaired) electrons. The van der Waals surface area contributed by atoms with Gasteiger partial charge in [0.15, 0.2) is 5.82 Å². The fraction of sp³-hybridized carbons (Fsp3) is 0.647. The van der Waals surface area contributed by atoms with Gasteiger partial charge in [0, 0.05) is 6.20 Å². The van der Waals surface area contributed by atoms with Crippen LogP contribution in [0, 0.1) is 16.7 Å². The van der Waals surface area contributed by atoms with Crippen molar-refractivity contribution in [3.8, 4) is 6.07 Å². The molecule has 1 amide bonds. The lowest BCUT2D eigenvalue weighted by atomic mass is 9.87. The Labute approximate surface area is 156 Å². The number of aromatic nitrogens is 2. The number of nitrogens with one attached hydrogen (secondary N) is 1. The molecule has 1 atom stereocenters. The van der Waals surface area contributed by atoms with Crippen LogP contribution in [0.25, 0.3) is 0 Å². The molecule has 1 aliphatic carbocycles. The summed E-state index contributed by atoms with van der Waals surface area (Å²) in [4.78, 5) is 20.6. The summed E-state index contributed by atoms with van der Waals surface area (Å²) in [5, 5.41) is 10.8. The van der Waals surface area contributed by atoms with Crippen LogP contribution in [0.15, 0.2) is 10.7 Å². The van der Waals surface area contributed by atoms with E-state index in [0.717, 1.165) is 19.3 Å². The topological polar surface area (TPSA) is 91.1 Å². The van der Waals surface area contributed by atoms with E-state index < -0.39 is 11.7 Å². The van der Waals surface area contributed by atoms with Crippen LogP contribution in [0.2, 0.25) is 0 Å². The summed E-state index contributed by atoms with van der Waals surface area (Å²) < 4.78 is 6.00. The van der Waals surface area contributed by atoms with Gasteiger partial charge in [0.1, 0.15) is 11.7 Å². The van der Waals surface area contributed by atoms with Crippen LogP contribution in [-0.4, -0.2) is 27.7 Å². The fourth-order valence-electron chi connectivity index (χ4n) is 3.05. The Morgan fingerprint density at radius 1 is 1.52 bits per heavy atom. The summed E-state index contributed by atoms with van der Waals surface area (Å²) >= 11 is 3.43. The average molecular weight is 410 g/mol. The van der Waals surface area contributed by atoms with E-state index in [1.54, 1.807) is 5.01 Å². The second kappa shape index (κ2) is 7.16. The van der Waals surface area contributed by atoms with Gasteiger partial charge in [0.25, 0.3) is 0 Å². The summed E-state index contributed by atoms with van der Waals surface area (Å²) in [6, 6.07) is 1.96. The highest BCUT2D eigenvalue weighted by atomic mass is 79.9. The average Bonchev–Trinajstić information content (AvgIpc) is 2.83. The Kier molecular flexibility index (Phi) is 5.57. The zero-order valence-corrected chi connectivity index (χ0v) is 16.8. The first-order valence-corrected chi connectivity index (χ1v) is 9.04. The monoisotopic (exact) mass is 409 g/mol. The number of hydrogen-bond donors (Lipinski definition) is 1. The minimum atomic E-state index is -0.609.